The second kappa shape index (κ2) is 8.06. The molecule has 0 aromatic carbocycles. The van der Waals surface area contributed by atoms with Crippen LogP contribution in [0.15, 0.2) is 16.1 Å². The van der Waals surface area contributed by atoms with Gasteiger partial charge in [-0.05, 0) is 44.1 Å². The minimum Gasteiger partial charge on any atom is -0.426 e. The average molecular weight is 321 g/mol. The van der Waals surface area contributed by atoms with Gasteiger partial charge in [0.05, 0.1) is 6.61 Å². The van der Waals surface area contributed by atoms with Gasteiger partial charge in [-0.2, -0.15) is 0 Å². The Bertz CT molecular complexity index is 524. The number of likely N-dealkylation sites (N-methyl/N-ethyl adjacent to an activating group) is 1. The lowest BCUT2D eigenvalue weighted by Crippen LogP contribution is -2.36. The Kier molecular flexibility index (Phi) is 6.36. The molecule has 0 saturated carbocycles. The Balaban J connectivity index is 2.09. The van der Waals surface area contributed by atoms with Crippen LogP contribution in [0.3, 0.4) is 0 Å². The van der Waals surface area contributed by atoms with E-state index in [0.29, 0.717) is 29.6 Å². The van der Waals surface area contributed by atoms with Crippen LogP contribution in [0.25, 0.3) is 0 Å². The average Bonchev–Trinajstić information content (AvgIpc) is 2.87. The third-order valence-corrected chi connectivity index (χ3v) is 5.08. The molecule has 0 saturated heterocycles. The number of nitrogens with zero attached hydrogens (tertiary/aromatic N) is 3. The summed E-state index contributed by atoms with van der Waals surface area (Å²) in [6.45, 7) is 10.6. The number of aromatic nitrogens is 2. The quantitative estimate of drug-likeness (QED) is 0.782. The highest BCUT2D eigenvalue weighted by atomic mass is 16.4. The molecule has 0 aliphatic heterocycles. The molecule has 1 aromatic heterocycles. The standard InChI is InChI=1S/C18H31N3O2/c1-12(2)17-9-15(10-18-20-19-14(4)23-18)13(3)8-16(17)11-21(5)6-7-22/h8,12,15-17,22H,6-7,9-11H2,1-5H3/t15-,16-,17-/m0/s1. The van der Waals surface area contributed by atoms with E-state index in [-0.39, 0.29) is 6.61 Å². The smallest absolute Gasteiger partial charge is 0.217 e. The Hall–Kier alpha value is -1.20. The zero-order valence-electron chi connectivity index (χ0n) is 15.1. The molecule has 3 atom stereocenters. The van der Waals surface area contributed by atoms with Crippen LogP contribution in [0.1, 0.15) is 39.0 Å². The molecule has 1 aliphatic rings. The van der Waals surface area contributed by atoms with Gasteiger partial charge >= 0.3 is 0 Å². The fourth-order valence-corrected chi connectivity index (χ4v) is 3.74. The summed E-state index contributed by atoms with van der Waals surface area (Å²) in [5, 5.41) is 17.2. The molecule has 5 nitrogen and oxygen atoms in total. The number of allylic oxidation sites excluding steroid dienone is 1. The van der Waals surface area contributed by atoms with Gasteiger partial charge in [0.1, 0.15) is 0 Å². The topological polar surface area (TPSA) is 62.4 Å². The molecule has 0 amide bonds. The molecular formula is C18H31N3O2. The van der Waals surface area contributed by atoms with E-state index >= 15 is 0 Å². The van der Waals surface area contributed by atoms with Crippen LogP contribution in [-0.4, -0.2) is 46.9 Å². The Labute approximate surface area is 139 Å². The van der Waals surface area contributed by atoms with Gasteiger partial charge in [0, 0.05) is 26.4 Å². The van der Waals surface area contributed by atoms with E-state index in [4.69, 9.17) is 9.52 Å². The summed E-state index contributed by atoms with van der Waals surface area (Å²) in [5.41, 5.74) is 1.43. The molecule has 0 fully saturated rings. The summed E-state index contributed by atoms with van der Waals surface area (Å²) in [5.74, 6) is 3.71. The van der Waals surface area contributed by atoms with Crippen molar-refractivity contribution in [3.63, 3.8) is 0 Å². The molecule has 0 radical (unpaired) electrons. The van der Waals surface area contributed by atoms with Crippen LogP contribution in [-0.2, 0) is 6.42 Å². The van der Waals surface area contributed by atoms with Gasteiger partial charge in [-0.3, -0.25) is 0 Å². The third kappa shape index (κ3) is 4.88. The van der Waals surface area contributed by atoms with Crippen LogP contribution in [0.2, 0.25) is 0 Å². The highest BCUT2D eigenvalue weighted by molar-refractivity contribution is 5.14. The van der Waals surface area contributed by atoms with Crippen LogP contribution >= 0.6 is 0 Å². The van der Waals surface area contributed by atoms with Crippen molar-refractivity contribution < 1.29 is 9.52 Å². The molecule has 23 heavy (non-hydrogen) atoms. The predicted octanol–water partition coefficient (Wildman–Crippen LogP) is 2.70. The summed E-state index contributed by atoms with van der Waals surface area (Å²) in [4.78, 5) is 2.23. The molecule has 1 heterocycles. The van der Waals surface area contributed by atoms with Gasteiger partial charge in [-0.25, -0.2) is 0 Å². The molecule has 5 heteroatoms. The van der Waals surface area contributed by atoms with E-state index in [9.17, 15) is 0 Å². The summed E-state index contributed by atoms with van der Waals surface area (Å²) in [6, 6.07) is 0. The lowest BCUT2D eigenvalue weighted by Gasteiger charge is -2.38. The van der Waals surface area contributed by atoms with E-state index in [1.54, 1.807) is 0 Å². The summed E-state index contributed by atoms with van der Waals surface area (Å²) in [6.07, 6.45) is 4.45. The molecule has 1 aliphatic carbocycles. The first kappa shape index (κ1) is 18.1. The summed E-state index contributed by atoms with van der Waals surface area (Å²) in [7, 11) is 2.09. The van der Waals surface area contributed by atoms with Crippen molar-refractivity contribution in [2.75, 3.05) is 26.7 Å². The summed E-state index contributed by atoms with van der Waals surface area (Å²) >= 11 is 0. The first-order valence-electron chi connectivity index (χ1n) is 8.67. The van der Waals surface area contributed by atoms with Crippen molar-refractivity contribution in [3.05, 3.63) is 23.4 Å². The van der Waals surface area contributed by atoms with E-state index in [2.05, 4.69) is 49.0 Å². The van der Waals surface area contributed by atoms with Gasteiger partial charge < -0.3 is 14.4 Å². The lowest BCUT2D eigenvalue weighted by atomic mass is 9.69. The van der Waals surface area contributed by atoms with Crippen molar-refractivity contribution >= 4 is 0 Å². The fourth-order valence-electron chi connectivity index (χ4n) is 3.74. The second-order valence-corrected chi connectivity index (χ2v) is 7.32. The van der Waals surface area contributed by atoms with Crippen LogP contribution < -0.4 is 0 Å². The SMILES string of the molecule is CC1=C[C@@H](CN(C)CCO)[C@H](C(C)C)C[C@H]1Cc1nnc(C)o1. The molecule has 2 rings (SSSR count). The molecule has 0 unspecified atom stereocenters. The largest absolute Gasteiger partial charge is 0.426 e. The van der Waals surface area contributed by atoms with Crippen LogP contribution in [0.5, 0.6) is 0 Å². The van der Waals surface area contributed by atoms with Crippen molar-refractivity contribution in [1.29, 1.82) is 0 Å². The van der Waals surface area contributed by atoms with Crippen LogP contribution in [0, 0.1) is 30.6 Å². The maximum absolute atomic E-state index is 9.12. The van der Waals surface area contributed by atoms with Gasteiger partial charge in [0.2, 0.25) is 11.8 Å². The molecule has 0 bridgehead atoms. The van der Waals surface area contributed by atoms with Crippen molar-refractivity contribution in [2.45, 2.75) is 40.5 Å². The molecule has 0 spiro atoms. The number of aliphatic hydroxyl groups is 1. The zero-order valence-corrected chi connectivity index (χ0v) is 15.1. The second-order valence-electron chi connectivity index (χ2n) is 7.32. The number of rotatable bonds is 7. The van der Waals surface area contributed by atoms with Gasteiger partial charge in [-0.1, -0.05) is 25.5 Å². The highest BCUT2D eigenvalue weighted by Gasteiger charge is 2.32. The molecule has 1 N–H and O–H groups in total. The van der Waals surface area contributed by atoms with Crippen molar-refractivity contribution in [2.24, 2.45) is 23.7 Å². The Morgan fingerprint density at radius 2 is 2.09 bits per heavy atom. The van der Waals surface area contributed by atoms with Gasteiger partial charge in [-0.15, -0.1) is 10.2 Å². The first-order chi connectivity index (χ1) is 10.9. The molecule has 1 aromatic rings. The normalized spacial score (nSPS) is 25.2. The van der Waals surface area contributed by atoms with E-state index in [1.807, 2.05) is 6.92 Å². The van der Waals surface area contributed by atoms with Crippen molar-refractivity contribution in [3.8, 4) is 0 Å². The lowest BCUT2D eigenvalue weighted by molar-refractivity contribution is 0.156. The highest BCUT2D eigenvalue weighted by Crippen LogP contribution is 2.39. The monoisotopic (exact) mass is 321 g/mol. The zero-order chi connectivity index (χ0) is 17.0. The number of aliphatic hydroxyl groups excluding tert-OH is 1. The molecule has 130 valence electrons. The van der Waals surface area contributed by atoms with Crippen LogP contribution in [0.4, 0.5) is 0 Å². The summed E-state index contributed by atoms with van der Waals surface area (Å²) < 4.78 is 5.57. The number of aryl methyl sites for hydroxylation is 1. The number of hydrogen-bond donors (Lipinski definition) is 1. The third-order valence-electron chi connectivity index (χ3n) is 5.08. The number of hydrogen-bond acceptors (Lipinski definition) is 5. The maximum atomic E-state index is 9.12. The van der Waals surface area contributed by atoms with Gasteiger partial charge in [0.25, 0.3) is 0 Å². The predicted molar refractivity (Wildman–Crippen MR) is 91.0 cm³/mol. The van der Waals surface area contributed by atoms with E-state index in [1.165, 1.54) is 12.0 Å². The maximum Gasteiger partial charge on any atom is 0.217 e. The molecular weight excluding hydrogens is 290 g/mol. The first-order valence-corrected chi connectivity index (χ1v) is 8.67. The van der Waals surface area contributed by atoms with E-state index < -0.39 is 0 Å². The van der Waals surface area contributed by atoms with Gasteiger partial charge in [0.15, 0.2) is 0 Å². The van der Waals surface area contributed by atoms with Crippen molar-refractivity contribution in [1.82, 2.24) is 15.1 Å². The minimum atomic E-state index is 0.220. The minimum absolute atomic E-state index is 0.220. The fraction of sp³-hybridized carbons (Fsp3) is 0.778. The Morgan fingerprint density at radius 1 is 1.35 bits per heavy atom. The Morgan fingerprint density at radius 3 is 2.65 bits per heavy atom. The van der Waals surface area contributed by atoms with E-state index in [0.717, 1.165) is 25.4 Å².